The molecule has 1 aliphatic rings. The second-order valence-electron chi connectivity index (χ2n) is 12.0. The molecule has 2 rings (SSSR count). The summed E-state index contributed by atoms with van der Waals surface area (Å²) in [7, 11) is 0. The number of hydrogen-bond donors (Lipinski definition) is 2. The minimum Gasteiger partial charge on any atom is -0.507 e. The molecule has 37 heavy (non-hydrogen) atoms. The number of aliphatic hydroxyl groups is 1. The van der Waals surface area contributed by atoms with Crippen LogP contribution in [0.2, 0.25) is 0 Å². The van der Waals surface area contributed by atoms with Crippen molar-refractivity contribution in [1.29, 1.82) is 0 Å². The molecule has 0 fully saturated rings. The number of aromatic hydroxyl groups is 1. The Morgan fingerprint density at radius 3 is 1.78 bits per heavy atom. The number of phenols is 1. The SMILES string of the molecule is CCCCCCCCCCCCCCCCCC(=O)OC[C@@]1(C)Cc2c(C)c(CCO)c(C)c(O)c2C1. The highest BCUT2D eigenvalue weighted by Gasteiger charge is 2.38. The van der Waals surface area contributed by atoms with Crippen molar-refractivity contribution < 1.29 is 19.7 Å². The monoisotopic (exact) mass is 516 g/mol. The van der Waals surface area contributed by atoms with Crippen LogP contribution in [0.25, 0.3) is 0 Å². The molecule has 0 saturated carbocycles. The van der Waals surface area contributed by atoms with Crippen molar-refractivity contribution in [1.82, 2.24) is 0 Å². The van der Waals surface area contributed by atoms with Crippen molar-refractivity contribution in [3.63, 3.8) is 0 Å². The van der Waals surface area contributed by atoms with Crippen LogP contribution in [-0.2, 0) is 28.8 Å². The van der Waals surface area contributed by atoms with Gasteiger partial charge in [-0.2, -0.15) is 0 Å². The normalized spacial score (nSPS) is 16.8. The number of hydrogen-bond acceptors (Lipinski definition) is 4. The van der Waals surface area contributed by atoms with Crippen LogP contribution >= 0.6 is 0 Å². The van der Waals surface area contributed by atoms with Gasteiger partial charge in [-0.25, -0.2) is 0 Å². The van der Waals surface area contributed by atoms with Gasteiger partial charge in [0.1, 0.15) is 5.75 Å². The molecule has 0 saturated heterocycles. The quantitative estimate of drug-likeness (QED) is 0.135. The van der Waals surface area contributed by atoms with E-state index in [1.54, 1.807) is 0 Å². The highest BCUT2D eigenvalue weighted by Crippen LogP contribution is 2.45. The van der Waals surface area contributed by atoms with Crippen molar-refractivity contribution >= 4 is 5.97 Å². The van der Waals surface area contributed by atoms with Crippen LogP contribution in [0.15, 0.2) is 0 Å². The number of carbonyl (C=O) groups excluding carboxylic acids is 1. The van der Waals surface area contributed by atoms with E-state index in [2.05, 4.69) is 20.8 Å². The molecule has 1 aliphatic carbocycles. The van der Waals surface area contributed by atoms with Crippen LogP contribution in [0.1, 0.15) is 144 Å². The Hall–Kier alpha value is -1.55. The number of esters is 1. The summed E-state index contributed by atoms with van der Waals surface area (Å²) in [5, 5.41) is 20.2. The van der Waals surface area contributed by atoms with Crippen molar-refractivity contribution in [2.75, 3.05) is 13.2 Å². The number of carbonyl (C=O) groups is 1. The van der Waals surface area contributed by atoms with Crippen molar-refractivity contribution in [3.8, 4) is 5.75 Å². The second kappa shape index (κ2) is 17.1. The van der Waals surface area contributed by atoms with Gasteiger partial charge in [0, 0.05) is 18.4 Å². The Morgan fingerprint density at radius 2 is 1.27 bits per heavy atom. The maximum atomic E-state index is 12.4. The summed E-state index contributed by atoms with van der Waals surface area (Å²) in [6.07, 6.45) is 22.4. The summed E-state index contributed by atoms with van der Waals surface area (Å²) in [5.74, 6) is 0.266. The van der Waals surface area contributed by atoms with E-state index in [9.17, 15) is 15.0 Å². The van der Waals surface area contributed by atoms with Gasteiger partial charge in [-0.3, -0.25) is 4.79 Å². The molecule has 0 bridgehead atoms. The van der Waals surface area contributed by atoms with Crippen LogP contribution in [0, 0.1) is 19.3 Å². The average molecular weight is 517 g/mol. The number of aliphatic hydroxyl groups excluding tert-OH is 1. The number of fused-ring (bicyclic) bond motifs is 1. The molecule has 4 nitrogen and oxygen atoms in total. The third-order valence-electron chi connectivity index (χ3n) is 8.50. The average Bonchev–Trinajstić information content (AvgIpc) is 3.24. The fourth-order valence-electron chi connectivity index (χ4n) is 6.10. The third-order valence-corrected chi connectivity index (χ3v) is 8.50. The molecular formula is C33H56O4. The van der Waals surface area contributed by atoms with E-state index in [1.165, 1.54) is 94.6 Å². The lowest BCUT2D eigenvalue weighted by Gasteiger charge is -2.23. The first-order valence-electron chi connectivity index (χ1n) is 15.4. The number of rotatable bonds is 20. The minimum atomic E-state index is -0.181. The fourth-order valence-corrected chi connectivity index (χ4v) is 6.10. The highest BCUT2D eigenvalue weighted by atomic mass is 16.5. The molecule has 0 amide bonds. The van der Waals surface area contributed by atoms with Crippen molar-refractivity contribution in [2.24, 2.45) is 5.41 Å². The molecular weight excluding hydrogens is 460 g/mol. The zero-order valence-corrected chi connectivity index (χ0v) is 24.6. The smallest absolute Gasteiger partial charge is 0.305 e. The van der Waals surface area contributed by atoms with E-state index in [-0.39, 0.29) is 18.0 Å². The number of ether oxygens (including phenoxy) is 1. The van der Waals surface area contributed by atoms with Gasteiger partial charge < -0.3 is 14.9 Å². The summed E-state index contributed by atoms with van der Waals surface area (Å²) in [6, 6.07) is 0. The van der Waals surface area contributed by atoms with E-state index in [1.807, 2.05) is 6.92 Å². The van der Waals surface area contributed by atoms with Gasteiger partial charge in [0.25, 0.3) is 0 Å². The predicted molar refractivity (Wildman–Crippen MR) is 154 cm³/mol. The van der Waals surface area contributed by atoms with Gasteiger partial charge in [0.2, 0.25) is 0 Å². The Morgan fingerprint density at radius 1 is 0.784 bits per heavy atom. The molecule has 0 radical (unpaired) electrons. The van der Waals surface area contributed by atoms with Crippen LogP contribution < -0.4 is 0 Å². The number of phenolic OH excluding ortho intramolecular Hbond substituents is 1. The zero-order valence-electron chi connectivity index (χ0n) is 24.6. The lowest BCUT2D eigenvalue weighted by Crippen LogP contribution is -2.25. The van der Waals surface area contributed by atoms with Gasteiger partial charge in [0.05, 0.1) is 6.61 Å². The van der Waals surface area contributed by atoms with Crippen LogP contribution in [-0.4, -0.2) is 29.4 Å². The van der Waals surface area contributed by atoms with Gasteiger partial charge in [-0.15, -0.1) is 0 Å². The summed E-state index contributed by atoms with van der Waals surface area (Å²) in [6.45, 7) is 8.91. The van der Waals surface area contributed by atoms with E-state index in [0.29, 0.717) is 25.2 Å². The minimum absolute atomic E-state index is 0.0775. The molecule has 212 valence electrons. The van der Waals surface area contributed by atoms with E-state index in [4.69, 9.17) is 4.74 Å². The topological polar surface area (TPSA) is 66.8 Å². The summed E-state index contributed by atoms with van der Waals surface area (Å²) >= 11 is 0. The fraction of sp³-hybridized carbons (Fsp3) is 0.788. The van der Waals surface area contributed by atoms with Crippen LogP contribution in [0.3, 0.4) is 0 Å². The first kappa shape index (κ1) is 31.7. The third kappa shape index (κ3) is 10.6. The summed E-state index contributed by atoms with van der Waals surface area (Å²) in [5.41, 5.74) is 5.09. The second-order valence-corrected chi connectivity index (χ2v) is 12.0. The zero-order chi connectivity index (χ0) is 27.1. The molecule has 0 unspecified atom stereocenters. The van der Waals surface area contributed by atoms with Gasteiger partial charge in [0.15, 0.2) is 0 Å². The predicted octanol–water partition coefficient (Wildman–Crippen LogP) is 8.45. The maximum absolute atomic E-state index is 12.4. The molecule has 1 atom stereocenters. The maximum Gasteiger partial charge on any atom is 0.305 e. The highest BCUT2D eigenvalue weighted by molar-refractivity contribution is 5.69. The molecule has 0 heterocycles. The molecule has 2 N–H and O–H groups in total. The molecule has 4 heteroatoms. The Bertz CT molecular complexity index is 815. The van der Waals surface area contributed by atoms with Crippen molar-refractivity contribution in [3.05, 3.63) is 27.8 Å². The Balaban J connectivity index is 1.53. The van der Waals surface area contributed by atoms with Crippen LogP contribution in [0.4, 0.5) is 0 Å². The Kier molecular flexibility index (Phi) is 14.7. The number of benzene rings is 1. The first-order chi connectivity index (χ1) is 17.8. The summed E-state index contributed by atoms with van der Waals surface area (Å²) in [4.78, 5) is 12.4. The van der Waals surface area contributed by atoms with E-state index < -0.39 is 0 Å². The van der Waals surface area contributed by atoms with Gasteiger partial charge >= 0.3 is 5.97 Å². The standard InChI is InChI=1S/C33H56O4/c1-5-6-7-8-9-10-11-12-13-14-15-16-17-18-19-20-31(35)37-25-33(4)23-29-26(2)28(21-22-34)27(3)32(36)30(29)24-33/h34,36H,5-25H2,1-4H3/t33-/m0/s1. The molecule has 0 spiro atoms. The largest absolute Gasteiger partial charge is 0.507 e. The number of unbranched alkanes of at least 4 members (excludes halogenated alkanes) is 14. The lowest BCUT2D eigenvalue weighted by molar-refractivity contribution is -0.147. The molecule has 0 aliphatic heterocycles. The van der Waals surface area contributed by atoms with E-state index in [0.717, 1.165) is 42.4 Å². The molecule has 0 aromatic heterocycles. The van der Waals surface area contributed by atoms with E-state index >= 15 is 0 Å². The lowest BCUT2D eigenvalue weighted by atomic mass is 9.88. The van der Waals surface area contributed by atoms with Crippen LogP contribution in [0.5, 0.6) is 5.75 Å². The Labute approximate surface area is 227 Å². The van der Waals surface area contributed by atoms with Gasteiger partial charge in [-0.1, -0.05) is 104 Å². The van der Waals surface area contributed by atoms with Gasteiger partial charge in [-0.05, 0) is 67.3 Å². The van der Waals surface area contributed by atoms with Crippen molar-refractivity contribution in [2.45, 2.75) is 150 Å². The first-order valence-corrected chi connectivity index (χ1v) is 15.4. The molecule has 1 aromatic rings. The molecule has 1 aromatic carbocycles. The summed E-state index contributed by atoms with van der Waals surface area (Å²) < 4.78 is 5.71.